The summed E-state index contributed by atoms with van der Waals surface area (Å²) < 4.78 is 7.24. The Kier molecular flexibility index (Phi) is 6.13. The van der Waals surface area contributed by atoms with E-state index in [2.05, 4.69) is 15.5 Å². The maximum Gasteiger partial charge on any atom is 0.234 e. The van der Waals surface area contributed by atoms with Crippen molar-refractivity contribution in [2.45, 2.75) is 18.6 Å². The zero-order chi connectivity index (χ0) is 18.7. The Morgan fingerprint density at radius 3 is 2.69 bits per heavy atom. The first kappa shape index (κ1) is 19.1. The molecule has 0 spiro atoms. The van der Waals surface area contributed by atoms with Gasteiger partial charge in [-0.15, -0.1) is 10.2 Å². The van der Waals surface area contributed by atoms with Crippen molar-refractivity contribution >= 4 is 58.2 Å². The maximum atomic E-state index is 12.2. The number of thioether (sulfide) groups is 1. The number of benzene rings is 1. The van der Waals surface area contributed by atoms with Gasteiger partial charge in [0.05, 0.1) is 32.8 Å². The van der Waals surface area contributed by atoms with Crippen LogP contribution in [0.4, 0.5) is 5.69 Å². The SMILES string of the molecule is CCn1c(SCC(=O)Nc2cc(Cl)c(Cl)cc2Cl)nnc1-c1ccco1. The van der Waals surface area contributed by atoms with Crippen LogP contribution in [0.25, 0.3) is 11.6 Å². The molecule has 2 aromatic heterocycles. The van der Waals surface area contributed by atoms with E-state index in [1.165, 1.54) is 23.9 Å². The molecular formula is C16H13Cl3N4O2S. The van der Waals surface area contributed by atoms with Crippen molar-refractivity contribution in [3.8, 4) is 11.6 Å². The van der Waals surface area contributed by atoms with Crippen LogP contribution in [-0.4, -0.2) is 26.4 Å². The monoisotopic (exact) mass is 430 g/mol. The van der Waals surface area contributed by atoms with E-state index >= 15 is 0 Å². The molecule has 0 saturated heterocycles. The molecule has 136 valence electrons. The van der Waals surface area contributed by atoms with Gasteiger partial charge in [0.1, 0.15) is 0 Å². The summed E-state index contributed by atoms with van der Waals surface area (Å²) in [6, 6.07) is 6.59. The summed E-state index contributed by atoms with van der Waals surface area (Å²) >= 11 is 19.2. The summed E-state index contributed by atoms with van der Waals surface area (Å²) in [5.74, 6) is 1.12. The van der Waals surface area contributed by atoms with Crippen molar-refractivity contribution in [3.63, 3.8) is 0 Å². The minimum atomic E-state index is -0.250. The van der Waals surface area contributed by atoms with Gasteiger partial charge in [-0.25, -0.2) is 0 Å². The van der Waals surface area contributed by atoms with Gasteiger partial charge in [0.2, 0.25) is 5.91 Å². The van der Waals surface area contributed by atoms with Crippen LogP contribution >= 0.6 is 46.6 Å². The molecule has 0 fully saturated rings. The second kappa shape index (κ2) is 8.35. The van der Waals surface area contributed by atoms with Crippen LogP contribution in [0.15, 0.2) is 40.1 Å². The van der Waals surface area contributed by atoms with Crippen LogP contribution in [0.1, 0.15) is 6.92 Å². The highest BCUT2D eigenvalue weighted by Crippen LogP contribution is 2.32. The number of nitrogens with one attached hydrogen (secondary N) is 1. The quantitative estimate of drug-likeness (QED) is 0.426. The lowest BCUT2D eigenvalue weighted by atomic mass is 10.3. The van der Waals surface area contributed by atoms with Crippen LogP contribution in [0, 0.1) is 0 Å². The molecule has 1 amide bonds. The zero-order valence-electron chi connectivity index (χ0n) is 13.5. The van der Waals surface area contributed by atoms with Crippen molar-refractivity contribution in [3.05, 3.63) is 45.6 Å². The Labute approximate surface area is 168 Å². The van der Waals surface area contributed by atoms with E-state index in [0.717, 1.165) is 0 Å². The van der Waals surface area contributed by atoms with Crippen LogP contribution in [-0.2, 0) is 11.3 Å². The largest absolute Gasteiger partial charge is 0.461 e. The highest BCUT2D eigenvalue weighted by atomic mass is 35.5. The minimum absolute atomic E-state index is 0.132. The van der Waals surface area contributed by atoms with Gasteiger partial charge in [-0.2, -0.15) is 0 Å². The summed E-state index contributed by atoms with van der Waals surface area (Å²) in [5, 5.41) is 12.6. The molecule has 0 aliphatic heterocycles. The van der Waals surface area contributed by atoms with Gasteiger partial charge < -0.3 is 9.73 Å². The number of hydrogen-bond donors (Lipinski definition) is 1. The summed E-state index contributed by atoms with van der Waals surface area (Å²) in [7, 11) is 0. The van der Waals surface area contributed by atoms with Crippen LogP contribution in [0.5, 0.6) is 0 Å². The first-order valence-corrected chi connectivity index (χ1v) is 9.65. The zero-order valence-corrected chi connectivity index (χ0v) is 16.6. The third-order valence-corrected chi connectivity index (χ3v) is 5.39. The maximum absolute atomic E-state index is 12.2. The molecule has 0 atom stereocenters. The highest BCUT2D eigenvalue weighted by Gasteiger charge is 2.17. The summed E-state index contributed by atoms with van der Waals surface area (Å²) in [4.78, 5) is 12.2. The second-order valence-corrected chi connectivity index (χ2v) is 7.27. The molecule has 10 heteroatoms. The van der Waals surface area contributed by atoms with Gasteiger partial charge in [-0.05, 0) is 31.2 Å². The first-order chi connectivity index (χ1) is 12.5. The Morgan fingerprint density at radius 2 is 2.00 bits per heavy atom. The number of rotatable bonds is 6. The molecule has 6 nitrogen and oxygen atoms in total. The number of amides is 1. The van der Waals surface area contributed by atoms with E-state index in [4.69, 9.17) is 39.2 Å². The van der Waals surface area contributed by atoms with E-state index in [1.54, 1.807) is 12.3 Å². The van der Waals surface area contributed by atoms with Crippen LogP contribution in [0.2, 0.25) is 15.1 Å². The fourth-order valence-electron chi connectivity index (χ4n) is 2.20. The molecule has 0 aliphatic rings. The number of nitrogens with zero attached hydrogens (tertiary/aromatic N) is 3. The van der Waals surface area contributed by atoms with Crippen molar-refractivity contribution in [1.82, 2.24) is 14.8 Å². The van der Waals surface area contributed by atoms with E-state index in [-0.39, 0.29) is 11.7 Å². The lowest BCUT2D eigenvalue weighted by Crippen LogP contribution is -2.15. The molecule has 26 heavy (non-hydrogen) atoms. The molecule has 3 rings (SSSR count). The number of carbonyl (C=O) groups is 1. The fourth-order valence-corrected chi connectivity index (χ4v) is 3.60. The molecular weight excluding hydrogens is 419 g/mol. The van der Waals surface area contributed by atoms with Crippen molar-refractivity contribution in [1.29, 1.82) is 0 Å². The fraction of sp³-hybridized carbons (Fsp3) is 0.188. The van der Waals surface area contributed by atoms with E-state index in [1.807, 2.05) is 17.6 Å². The third kappa shape index (κ3) is 4.17. The molecule has 0 saturated carbocycles. The van der Waals surface area contributed by atoms with Crippen LogP contribution < -0.4 is 5.32 Å². The first-order valence-electron chi connectivity index (χ1n) is 7.54. The van der Waals surface area contributed by atoms with Gasteiger partial charge in [0.15, 0.2) is 16.7 Å². The molecule has 0 aliphatic carbocycles. The predicted molar refractivity (Wildman–Crippen MR) is 104 cm³/mol. The molecule has 0 radical (unpaired) electrons. The number of halogens is 3. The summed E-state index contributed by atoms with van der Waals surface area (Å²) in [6.45, 7) is 2.61. The van der Waals surface area contributed by atoms with Gasteiger partial charge in [0.25, 0.3) is 0 Å². The van der Waals surface area contributed by atoms with Gasteiger partial charge in [0, 0.05) is 6.54 Å². The van der Waals surface area contributed by atoms with E-state index < -0.39 is 0 Å². The Hall–Kier alpha value is -1.67. The van der Waals surface area contributed by atoms with Crippen molar-refractivity contribution < 1.29 is 9.21 Å². The van der Waals surface area contributed by atoms with Gasteiger partial charge in [-0.3, -0.25) is 9.36 Å². The number of furan rings is 1. The number of carbonyl (C=O) groups excluding carboxylic acids is 1. The third-order valence-electron chi connectivity index (χ3n) is 3.39. The lowest BCUT2D eigenvalue weighted by Gasteiger charge is -2.09. The number of hydrogen-bond acceptors (Lipinski definition) is 5. The highest BCUT2D eigenvalue weighted by molar-refractivity contribution is 7.99. The van der Waals surface area contributed by atoms with Crippen LogP contribution in [0.3, 0.4) is 0 Å². The van der Waals surface area contributed by atoms with Gasteiger partial charge in [-0.1, -0.05) is 46.6 Å². The molecule has 1 aromatic carbocycles. The van der Waals surface area contributed by atoms with Gasteiger partial charge >= 0.3 is 0 Å². The normalized spacial score (nSPS) is 10.9. The minimum Gasteiger partial charge on any atom is -0.461 e. The number of anilines is 1. The standard InChI is InChI=1S/C16H13Cl3N4O2S/c1-2-23-15(13-4-3-5-25-13)21-22-16(23)26-8-14(24)20-12-7-10(18)9(17)6-11(12)19/h3-7H,2,8H2,1H3,(H,20,24). The Bertz CT molecular complexity index is 928. The molecule has 3 aromatic rings. The summed E-state index contributed by atoms with van der Waals surface area (Å²) in [6.07, 6.45) is 1.57. The smallest absolute Gasteiger partial charge is 0.234 e. The summed E-state index contributed by atoms with van der Waals surface area (Å²) in [5.41, 5.74) is 0.403. The predicted octanol–water partition coefficient (Wildman–Crippen LogP) is 5.25. The number of aromatic nitrogens is 3. The molecule has 1 N–H and O–H groups in total. The van der Waals surface area contributed by atoms with Crippen molar-refractivity contribution in [2.75, 3.05) is 11.1 Å². The molecule has 0 unspecified atom stereocenters. The average Bonchev–Trinajstić information content (AvgIpc) is 3.26. The Morgan fingerprint density at radius 1 is 1.23 bits per heavy atom. The van der Waals surface area contributed by atoms with Crippen molar-refractivity contribution in [2.24, 2.45) is 0 Å². The average molecular weight is 432 g/mol. The second-order valence-electron chi connectivity index (χ2n) is 5.11. The Balaban J connectivity index is 1.68. The topological polar surface area (TPSA) is 73.0 Å². The molecule has 2 heterocycles. The van der Waals surface area contributed by atoms with E-state index in [0.29, 0.717) is 44.0 Å². The molecule has 0 bridgehead atoms. The lowest BCUT2D eigenvalue weighted by molar-refractivity contribution is -0.113. The van der Waals surface area contributed by atoms with E-state index in [9.17, 15) is 4.79 Å².